The average molecular weight is 363 g/mol. The summed E-state index contributed by atoms with van der Waals surface area (Å²) in [5.74, 6) is -0.295. The Labute approximate surface area is 147 Å². The highest BCUT2D eigenvalue weighted by Crippen LogP contribution is 2.42. The zero-order valence-corrected chi connectivity index (χ0v) is 17.1. The van der Waals surface area contributed by atoms with Gasteiger partial charge in [-0.3, -0.25) is 0 Å². The molecule has 5 atom stereocenters. The monoisotopic (exact) mass is 362 g/mol. The van der Waals surface area contributed by atoms with Crippen molar-refractivity contribution in [2.75, 3.05) is 27.8 Å². The summed E-state index contributed by atoms with van der Waals surface area (Å²) in [6, 6.07) is 0. The summed E-state index contributed by atoms with van der Waals surface area (Å²) in [5, 5.41) is 10.8. The van der Waals surface area contributed by atoms with Gasteiger partial charge in [-0.05, 0) is 18.1 Å². The summed E-state index contributed by atoms with van der Waals surface area (Å²) in [7, 11) is 1.02. The van der Waals surface area contributed by atoms with E-state index < -0.39 is 32.7 Å². The first-order valence-corrected chi connectivity index (χ1v) is 11.2. The second-order valence-electron chi connectivity index (χ2n) is 7.72. The van der Waals surface area contributed by atoms with E-state index in [1.807, 2.05) is 0 Å². The number of aliphatic hydroxyl groups is 1. The fraction of sp³-hybridized carbons (Fsp3) is 0.882. The summed E-state index contributed by atoms with van der Waals surface area (Å²) in [4.78, 5) is 0. The molecule has 0 aliphatic heterocycles. The topological polar surface area (TPSA) is 66.4 Å². The number of aliphatic hydroxyl groups excluding tert-OH is 1. The predicted molar refractivity (Wildman–Crippen MR) is 95.3 cm³/mol. The molecule has 0 spiro atoms. The molecule has 6 nitrogen and oxygen atoms in total. The van der Waals surface area contributed by atoms with Gasteiger partial charge in [0, 0.05) is 20.1 Å². The van der Waals surface area contributed by atoms with Crippen molar-refractivity contribution in [3.63, 3.8) is 0 Å². The maximum Gasteiger partial charge on any atom is 0.192 e. The van der Waals surface area contributed by atoms with E-state index >= 15 is 0 Å². The van der Waals surface area contributed by atoms with Crippen LogP contribution < -0.4 is 0 Å². The molecule has 1 fully saturated rings. The smallest absolute Gasteiger partial charge is 0.192 e. The Morgan fingerprint density at radius 2 is 1.50 bits per heavy atom. The molecule has 1 saturated carbocycles. The number of rotatable bonds is 9. The van der Waals surface area contributed by atoms with Crippen LogP contribution in [0, 0.1) is 5.92 Å². The molecular formula is C17H34O6Si. The van der Waals surface area contributed by atoms with Gasteiger partial charge < -0.3 is 28.5 Å². The Bertz CT molecular complexity index is 395. The minimum absolute atomic E-state index is 0.0215. The third kappa shape index (κ3) is 4.88. The van der Waals surface area contributed by atoms with Gasteiger partial charge in [0.15, 0.2) is 8.32 Å². The second kappa shape index (κ2) is 8.89. The van der Waals surface area contributed by atoms with E-state index in [9.17, 15) is 5.11 Å². The molecule has 0 aromatic heterocycles. The molecule has 142 valence electrons. The predicted octanol–water partition coefficient (Wildman–Crippen LogP) is 2.53. The van der Waals surface area contributed by atoms with Crippen LogP contribution in [0.2, 0.25) is 18.1 Å². The molecule has 0 saturated heterocycles. The highest BCUT2D eigenvalue weighted by atomic mass is 28.4. The van der Waals surface area contributed by atoms with Crippen molar-refractivity contribution in [2.45, 2.75) is 63.3 Å². The summed E-state index contributed by atoms with van der Waals surface area (Å²) in [5.41, 5.74) is 0. The summed E-state index contributed by atoms with van der Waals surface area (Å²) >= 11 is 0. The molecule has 1 aliphatic carbocycles. The number of hydrogen-bond acceptors (Lipinski definition) is 6. The molecule has 24 heavy (non-hydrogen) atoms. The molecule has 0 radical (unpaired) electrons. The molecule has 1 rings (SSSR count). The highest BCUT2D eigenvalue weighted by Gasteiger charge is 2.54. The lowest BCUT2D eigenvalue weighted by Gasteiger charge is -2.40. The fourth-order valence-corrected chi connectivity index (χ4v) is 3.94. The van der Waals surface area contributed by atoms with E-state index in [0.29, 0.717) is 0 Å². The van der Waals surface area contributed by atoms with E-state index in [0.717, 1.165) is 0 Å². The van der Waals surface area contributed by atoms with Crippen LogP contribution in [0.1, 0.15) is 20.8 Å². The van der Waals surface area contributed by atoms with Crippen LogP contribution in [0.4, 0.5) is 0 Å². The van der Waals surface area contributed by atoms with Crippen molar-refractivity contribution in [1.29, 1.82) is 0 Å². The number of hydrogen-bond donors (Lipinski definition) is 1. The minimum Gasteiger partial charge on any atom is -0.408 e. The summed E-state index contributed by atoms with van der Waals surface area (Å²) in [6.45, 7) is 14.8. The molecule has 0 unspecified atom stereocenters. The van der Waals surface area contributed by atoms with Gasteiger partial charge in [-0.1, -0.05) is 26.8 Å². The Morgan fingerprint density at radius 3 is 1.92 bits per heavy atom. The van der Waals surface area contributed by atoms with Crippen LogP contribution >= 0.6 is 0 Å². The Balaban J connectivity index is 3.06. The SMILES string of the molecule is C=C[C@@H]1[C@H](O)[C@H](O[Si](C)(C)C(C)(C)C)[C@@H](OCOC)[C@H]1OCOC. The molecule has 0 aromatic rings. The lowest BCUT2D eigenvalue weighted by atomic mass is 10.0. The largest absolute Gasteiger partial charge is 0.408 e. The van der Waals surface area contributed by atoms with Gasteiger partial charge >= 0.3 is 0 Å². The van der Waals surface area contributed by atoms with Crippen molar-refractivity contribution in [3.05, 3.63) is 12.7 Å². The normalized spacial score (nSPS) is 31.4. The molecular weight excluding hydrogens is 328 g/mol. The van der Waals surface area contributed by atoms with Gasteiger partial charge in [0.25, 0.3) is 0 Å². The van der Waals surface area contributed by atoms with Crippen LogP contribution in [0.25, 0.3) is 0 Å². The van der Waals surface area contributed by atoms with Crippen LogP contribution in [-0.4, -0.2) is 65.6 Å². The maximum atomic E-state index is 10.8. The second-order valence-corrected chi connectivity index (χ2v) is 12.5. The van der Waals surface area contributed by atoms with Crippen molar-refractivity contribution in [1.82, 2.24) is 0 Å². The molecule has 7 heteroatoms. The molecule has 1 aliphatic rings. The lowest BCUT2D eigenvalue weighted by molar-refractivity contribution is -0.168. The van der Waals surface area contributed by atoms with E-state index in [-0.39, 0.29) is 24.5 Å². The maximum absolute atomic E-state index is 10.8. The quantitative estimate of drug-likeness (QED) is 0.386. The van der Waals surface area contributed by atoms with Gasteiger partial charge in [-0.25, -0.2) is 0 Å². The van der Waals surface area contributed by atoms with E-state index in [1.54, 1.807) is 20.3 Å². The highest BCUT2D eigenvalue weighted by molar-refractivity contribution is 6.74. The summed E-state index contributed by atoms with van der Waals surface area (Å²) in [6.07, 6.45) is -0.399. The zero-order valence-electron chi connectivity index (χ0n) is 16.1. The first kappa shape index (κ1) is 21.8. The standard InChI is InChI=1S/C17H34O6Si/c1-9-12-13(18)15(23-24(7,8)17(2,3)4)16(22-11-20-6)14(12)21-10-19-5/h9,12-16,18H,1,10-11H2,2-8H3/t12-,13+,14+,15+,16+/m1/s1. The summed E-state index contributed by atoms with van der Waals surface area (Å²) < 4.78 is 28.1. The fourth-order valence-electron chi connectivity index (χ4n) is 2.63. The zero-order chi connectivity index (χ0) is 18.5. The van der Waals surface area contributed by atoms with Gasteiger partial charge in [-0.15, -0.1) is 6.58 Å². The van der Waals surface area contributed by atoms with Gasteiger partial charge in [-0.2, -0.15) is 0 Å². The van der Waals surface area contributed by atoms with Crippen LogP contribution in [-0.2, 0) is 23.4 Å². The molecule has 0 heterocycles. The van der Waals surface area contributed by atoms with Crippen LogP contribution in [0.3, 0.4) is 0 Å². The van der Waals surface area contributed by atoms with Crippen LogP contribution in [0.15, 0.2) is 12.7 Å². The molecule has 0 bridgehead atoms. The van der Waals surface area contributed by atoms with Crippen molar-refractivity contribution in [2.24, 2.45) is 5.92 Å². The lowest BCUT2D eigenvalue weighted by Crippen LogP contribution is -2.50. The number of ether oxygens (including phenoxy) is 4. The van der Waals surface area contributed by atoms with Crippen molar-refractivity contribution < 1.29 is 28.5 Å². The average Bonchev–Trinajstić information content (AvgIpc) is 2.73. The van der Waals surface area contributed by atoms with E-state index in [1.165, 1.54) is 0 Å². The van der Waals surface area contributed by atoms with Gasteiger partial charge in [0.2, 0.25) is 0 Å². The Morgan fingerprint density at radius 1 is 1.00 bits per heavy atom. The van der Waals surface area contributed by atoms with E-state index in [4.69, 9.17) is 23.4 Å². The third-order valence-corrected chi connectivity index (χ3v) is 9.50. The van der Waals surface area contributed by atoms with E-state index in [2.05, 4.69) is 40.4 Å². The minimum atomic E-state index is -2.10. The third-order valence-electron chi connectivity index (χ3n) is 5.02. The Kier molecular flexibility index (Phi) is 8.06. The Hall–Kier alpha value is -0.283. The first-order chi connectivity index (χ1) is 11.1. The first-order valence-electron chi connectivity index (χ1n) is 8.30. The van der Waals surface area contributed by atoms with Crippen LogP contribution in [0.5, 0.6) is 0 Å². The van der Waals surface area contributed by atoms with Gasteiger partial charge in [0.05, 0.1) is 12.2 Å². The molecule has 0 aromatic carbocycles. The van der Waals surface area contributed by atoms with Gasteiger partial charge in [0.1, 0.15) is 25.8 Å². The molecule has 0 amide bonds. The van der Waals surface area contributed by atoms with Crippen molar-refractivity contribution >= 4 is 8.32 Å². The molecule has 1 N–H and O–H groups in total. The number of methoxy groups -OCH3 is 2. The van der Waals surface area contributed by atoms with Crippen molar-refractivity contribution in [3.8, 4) is 0 Å².